The Morgan fingerprint density at radius 1 is 1.36 bits per heavy atom. The van der Waals surface area contributed by atoms with Crippen LogP contribution < -0.4 is 9.47 Å². The topological polar surface area (TPSA) is 55.8 Å². The van der Waals surface area contributed by atoms with Crippen molar-refractivity contribution in [3.05, 3.63) is 21.7 Å². The zero-order valence-electron chi connectivity index (χ0n) is 12.7. The Kier molecular flexibility index (Phi) is 4.62. The Balaban J connectivity index is 2.08. The van der Waals surface area contributed by atoms with Crippen molar-refractivity contribution in [3.8, 4) is 11.5 Å². The van der Waals surface area contributed by atoms with E-state index in [4.69, 9.17) is 9.47 Å². The number of carbonyl (C=O) groups is 1. The summed E-state index contributed by atoms with van der Waals surface area (Å²) in [4.78, 5) is 11.3. The van der Waals surface area contributed by atoms with Crippen LogP contribution in [0.4, 0.5) is 0 Å². The summed E-state index contributed by atoms with van der Waals surface area (Å²) in [6.45, 7) is 3.38. The summed E-state index contributed by atoms with van der Waals surface area (Å²) in [7, 11) is 0. The number of ether oxygens (including phenoxy) is 2. The van der Waals surface area contributed by atoms with E-state index in [2.05, 4.69) is 28.9 Å². The van der Waals surface area contributed by atoms with E-state index in [9.17, 15) is 9.90 Å². The Morgan fingerprint density at radius 2 is 2.05 bits per heavy atom. The maximum absolute atomic E-state index is 11.3. The number of aliphatic carboxylic acids is 1. The molecule has 1 saturated carbocycles. The second-order valence-electron chi connectivity index (χ2n) is 6.03. The fourth-order valence-electron chi connectivity index (χ4n) is 3.27. The third-order valence-electron chi connectivity index (χ3n) is 4.45. The fourth-order valence-corrected chi connectivity index (χ4v) is 3.81. The van der Waals surface area contributed by atoms with Gasteiger partial charge in [-0.2, -0.15) is 0 Å². The van der Waals surface area contributed by atoms with E-state index in [1.165, 1.54) is 0 Å². The molecule has 0 radical (unpaired) electrons. The van der Waals surface area contributed by atoms with Crippen LogP contribution in [0.5, 0.6) is 11.5 Å². The van der Waals surface area contributed by atoms with E-state index in [1.54, 1.807) is 0 Å². The summed E-state index contributed by atoms with van der Waals surface area (Å²) in [5, 5.41) is 9.27. The molecule has 1 aliphatic carbocycles. The summed E-state index contributed by atoms with van der Waals surface area (Å²) < 4.78 is 12.6. The summed E-state index contributed by atoms with van der Waals surface area (Å²) in [6.07, 6.45) is 4.10. The quantitative estimate of drug-likeness (QED) is 0.848. The van der Waals surface area contributed by atoms with Crippen molar-refractivity contribution in [2.75, 3.05) is 13.2 Å². The predicted octanol–water partition coefficient (Wildman–Crippen LogP) is 4.14. The van der Waals surface area contributed by atoms with E-state index in [1.807, 2.05) is 0 Å². The van der Waals surface area contributed by atoms with Gasteiger partial charge in [0.2, 0.25) is 0 Å². The highest BCUT2D eigenvalue weighted by Crippen LogP contribution is 2.50. The minimum Gasteiger partial charge on any atom is -0.489 e. The standard InChI is InChI=1S/C17H21BrO4/c1-2-11-13(12(9-15(19)20)10-4-5-10)8-14(18)17-16(11)21-6-3-7-22-17/h8,10,12H,2-7,9H2,1H3,(H,19,20). The van der Waals surface area contributed by atoms with Crippen LogP contribution in [0.25, 0.3) is 0 Å². The van der Waals surface area contributed by atoms with Gasteiger partial charge in [-0.05, 0) is 58.7 Å². The lowest BCUT2D eigenvalue weighted by Gasteiger charge is -2.23. The highest BCUT2D eigenvalue weighted by molar-refractivity contribution is 9.10. The van der Waals surface area contributed by atoms with E-state index >= 15 is 0 Å². The van der Waals surface area contributed by atoms with Crippen molar-refractivity contribution in [2.24, 2.45) is 5.92 Å². The molecule has 4 nitrogen and oxygen atoms in total. The molecule has 1 heterocycles. The monoisotopic (exact) mass is 368 g/mol. The maximum atomic E-state index is 11.3. The van der Waals surface area contributed by atoms with Gasteiger partial charge in [-0.3, -0.25) is 4.79 Å². The van der Waals surface area contributed by atoms with Gasteiger partial charge in [-0.1, -0.05) is 6.92 Å². The molecule has 1 aromatic carbocycles. The van der Waals surface area contributed by atoms with Crippen molar-refractivity contribution in [1.29, 1.82) is 0 Å². The lowest BCUT2D eigenvalue weighted by Crippen LogP contribution is -2.12. The van der Waals surface area contributed by atoms with Crippen LogP contribution in [0.1, 0.15) is 49.7 Å². The molecule has 2 aliphatic rings. The van der Waals surface area contributed by atoms with Crippen LogP contribution in [0.15, 0.2) is 10.5 Å². The van der Waals surface area contributed by atoms with Crippen LogP contribution in [0.3, 0.4) is 0 Å². The first-order valence-corrected chi connectivity index (χ1v) is 8.73. The van der Waals surface area contributed by atoms with Gasteiger partial charge in [0.05, 0.1) is 24.1 Å². The molecule has 0 amide bonds. The van der Waals surface area contributed by atoms with Crippen LogP contribution in [0, 0.1) is 5.92 Å². The molecular formula is C17H21BrO4. The van der Waals surface area contributed by atoms with Crippen molar-refractivity contribution in [3.63, 3.8) is 0 Å². The molecule has 0 bridgehead atoms. The molecule has 0 saturated heterocycles. The van der Waals surface area contributed by atoms with E-state index in [-0.39, 0.29) is 12.3 Å². The number of fused-ring (bicyclic) bond motifs is 1. The number of carboxylic acids is 1. The number of halogens is 1. The molecule has 1 aromatic rings. The van der Waals surface area contributed by atoms with Gasteiger partial charge in [0.1, 0.15) is 0 Å². The Hall–Kier alpha value is -1.23. The smallest absolute Gasteiger partial charge is 0.303 e. The van der Waals surface area contributed by atoms with E-state index in [0.717, 1.165) is 52.8 Å². The zero-order chi connectivity index (χ0) is 15.7. The minimum atomic E-state index is -0.734. The van der Waals surface area contributed by atoms with Crippen molar-refractivity contribution >= 4 is 21.9 Å². The average molecular weight is 369 g/mol. The Labute approximate surface area is 138 Å². The van der Waals surface area contributed by atoms with Gasteiger partial charge in [-0.25, -0.2) is 0 Å². The molecule has 1 unspecified atom stereocenters. The van der Waals surface area contributed by atoms with Crippen molar-refractivity contribution in [1.82, 2.24) is 0 Å². The largest absolute Gasteiger partial charge is 0.489 e. The predicted molar refractivity (Wildman–Crippen MR) is 86.8 cm³/mol. The molecule has 0 aromatic heterocycles. The van der Waals surface area contributed by atoms with Gasteiger partial charge < -0.3 is 14.6 Å². The van der Waals surface area contributed by atoms with Gasteiger partial charge >= 0.3 is 5.97 Å². The molecular weight excluding hydrogens is 348 g/mol. The van der Waals surface area contributed by atoms with Crippen LogP contribution in [-0.4, -0.2) is 24.3 Å². The van der Waals surface area contributed by atoms with E-state index in [0.29, 0.717) is 19.1 Å². The van der Waals surface area contributed by atoms with Gasteiger partial charge in [0.25, 0.3) is 0 Å². The third kappa shape index (κ3) is 3.09. The third-order valence-corrected chi connectivity index (χ3v) is 5.04. The number of carboxylic acid groups (broad SMARTS) is 1. The second kappa shape index (κ2) is 6.49. The lowest BCUT2D eigenvalue weighted by atomic mass is 9.86. The lowest BCUT2D eigenvalue weighted by molar-refractivity contribution is -0.137. The van der Waals surface area contributed by atoms with Crippen LogP contribution in [-0.2, 0) is 11.2 Å². The number of hydrogen-bond donors (Lipinski definition) is 1. The molecule has 3 rings (SSSR count). The SMILES string of the molecule is CCc1c(C(CC(=O)O)C2CC2)cc(Br)c2c1OCCCO2. The van der Waals surface area contributed by atoms with Crippen LogP contribution >= 0.6 is 15.9 Å². The summed E-state index contributed by atoms with van der Waals surface area (Å²) in [5.74, 6) is 1.39. The second-order valence-corrected chi connectivity index (χ2v) is 6.88. The summed E-state index contributed by atoms with van der Waals surface area (Å²) in [6, 6.07) is 2.05. The first-order chi connectivity index (χ1) is 10.6. The number of rotatable bonds is 5. The van der Waals surface area contributed by atoms with Gasteiger partial charge in [-0.15, -0.1) is 0 Å². The highest BCUT2D eigenvalue weighted by Gasteiger charge is 2.36. The molecule has 1 fully saturated rings. The van der Waals surface area contributed by atoms with Gasteiger partial charge in [0.15, 0.2) is 11.5 Å². The zero-order valence-corrected chi connectivity index (χ0v) is 14.3. The first kappa shape index (κ1) is 15.7. The first-order valence-electron chi connectivity index (χ1n) is 7.94. The number of benzene rings is 1. The fraction of sp³-hybridized carbons (Fsp3) is 0.588. The van der Waals surface area contributed by atoms with Crippen molar-refractivity contribution < 1.29 is 19.4 Å². The summed E-state index contributed by atoms with van der Waals surface area (Å²) in [5.41, 5.74) is 2.22. The van der Waals surface area contributed by atoms with Crippen molar-refractivity contribution in [2.45, 2.75) is 44.9 Å². The molecule has 1 N–H and O–H groups in total. The molecule has 1 atom stereocenters. The summed E-state index contributed by atoms with van der Waals surface area (Å²) >= 11 is 3.58. The Morgan fingerprint density at radius 3 is 2.64 bits per heavy atom. The van der Waals surface area contributed by atoms with Crippen LogP contribution in [0.2, 0.25) is 0 Å². The normalized spacial score (nSPS) is 18.6. The average Bonchev–Trinajstić information content (AvgIpc) is 3.31. The van der Waals surface area contributed by atoms with E-state index < -0.39 is 5.97 Å². The maximum Gasteiger partial charge on any atom is 0.303 e. The number of hydrogen-bond acceptors (Lipinski definition) is 3. The Bertz CT molecular complexity index is 581. The molecule has 1 aliphatic heterocycles. The minimum absolute atomic E-state index is 0.0703. The molecule has 120 valence electrons. The molecule has 22 heavy (non-hydrogen) atoms. The molecule has 5 heteroatoms. The highest BCUT2D eigenvalue weighted by atomic mass is 79.9. The van der Waals surface area contributed by atoms with Gasteiger partial charge in [0, 0.05) is 12.0 Å². The molecule has 0 spiro atoms.